The van der Waals surface area contributed by atoms with Gasteiger partial charge in [-0.25, -0.2) is 4.79 Å². The van der Waals surface area contributed by atoms with Gasteiger partial charge in [-0.2, -0.15) is 0 Å². The number of aliphatic carboxylic acids is 1. The van der Waals surface area contributed by atoms with Crippen LogP contribution < -0.4 is 56.1 Å². The van der Waals surface area contributed by atoms with E-state index in [1.165, 1.54) is 24.5 Å². The molecule has 6 heterocycles. The molecule has 31 heteroatoms. The van der Waals surface area contributed by atoms with Gasteiger partial charge in [0, 0.05) is 71.4 Å². The molecule has 0 aromatic heterocycles. The smallest absolute Gasteiger partial charge is 0.326 e. The molecule has 6 aliphatic heterocycles. The molecule has 6 rings (SSSR count). The molecular formula is C54H91N19O12. The number of aliphatic imine (C=N–C) groups is 3. The summed E-state index contributed by atoms with van der Waals surface area (Å²) in [5.74, 6) is -7.69. The molecular weight excluding hydrogens is 1110 g/mol. The Morgan fingerprint density at radius 3 is 1.24 bits per heavy atom. The number of carbonyl (C=O) groups is 10. The van der Waals surface area contributed by atoms with Crippen molar-refractivity contribution < 1.29 is 58.2 Å². The fourth-order valence-corrected chi connectivity index (χ4v) is 12.6. The summed E-state index contributed by atoms with van der Waals surface area (Å²) in [6.45, 7) is 4.78. The molecule has 6 aliphatic rings. The van der Waals surface area contributed by atoms with Gasteiger partial charge in [0.2, 0.25) is 53.2 Å². The number of carboxylic acids is 1. The van der Waals surface area contributed by atoms with Crippen molar-refractivity contribution in [3.8, 4) is 0 Å². The van der Waals surface area contributed by atoms with Gasteiger partial charge in [-0.05, 0) is 115 Å². The van der Waals surface area contributed by atoms with E-state index in [1.807, 2.05) is 13.8 Å². The lowest BCUT2D eigenvalue weighted by Gasteiger charge is -2.38. The van der Waals surface area contributed by atoms with Crippen molar-refractivity contribution in [2.45, 2.75) is 183 Å². The second-order valence-electron chi connectivity index (χ2n) is 23.3. The number of guanidine groups is 3. The van der Waals surface area contributed by atoms with E-state index in [9.17, 15) is 58.2 Å². The molecule has 85 heavy (non-hydrogen) atoms. The average molecular weight is 1200 g/mol. The minimum atomic E-state index is -1.39. The minimum absolute atomic E-state index is 0.0456. The second kappa shape index (κ2) is 31.0. The molecule has 9 amide bonds. The number of nitrogens with zero attached hydrogens (tertiary/aromatic N) is 9. The molecule has 19 N–H and O–H groups in total. The van der Waals surface area contributed by atoms with Crippen LogP contribution in [0.5, 0.6) is 0 Å². The molecule has 6 saturated heterocycles. The summed E-state index contributed by atoms with van der Waals surface area (Å²) in [6.07, 6.45) is 4.68. The molecule has 0 aromatic carbocycles. The van der Waals surface area contributed by atoms with Gasteiger partial charge in [0.25, 0.3) is 0 Å². The zero-order valence-corrected chi connectivity index (χ0v) is 49.1. The second-order valence-corrected chi connectivity index (χ2v) is 23.3. The van der Waals surface area contributed by atoms with Crippen molar-refractivity contribution in [3.63, 3.8) is 0 Å². The number of carboxylic acid groups (broad SMARTS) is 1. The van der Waals surface area contributed by atoms with Crippen molar-refractivity contribution in [1.29, 1.82) is 0 Å². The number of hydrogen-bond donors (Lipinski definition) is 12. The maximum atomic E-state index is 15.0. The lowest BCUT2D eigenvalue weighted by Crippen LogP contribution is -2.60. The number of nitrogens with two attached hydrogens (primary N) is 7. The number of carbonyl (C=O) groups excluding carboxylic acids is 9. The molecule has 1 unspecified atom stereocenters. The standard InChI is InChI=1S/C54H91N19O12/c1-30(2)40(55)49(82)71-26-9-16-37(71)47(80)69-24-7-15-36(69)46(79)70-25-8-18-39(70)48(81)73-28-19-31(29-74)41(73)50(83)72-27-10-17-38(72)45(78)68-23-6-14-35(68)44(77)66-33(12-4-21-63-53(58)59)42(75)65-32(11-3-20-62-52(56)57)43(76)67-34(51(84)85)13-5-22-64-54(60)61/h30-41,74H,3-29,55H2,1-2H3,(H,65,75)(H,66,77)(H,67,76)(H,84,85)(H4,56,57,62)(H4,58,59,63)(H4,60,61,64)/t31?,32-,33-,34-,35-,36-,37-,38-,39-,40-,41-/m0/s1. The molecule has 6 fully saturated rings. The van der Waals surface area contributed by atoms with Crippen molar-refractivity contribution in [3.05, 3.63) is 0 Å². The monoisotopic (exact) mass is 1200 g/mol. The summed E-state index contributed by atoms with van der Waals surface area (Å²) in [4.78, 5) is 162. The van der Waals surface area contributed by atoms with Gasteiger partial charge in [0.1, 0.15) is 54.4 Å². The fourth-order valence-electron chi connectivity index (χ4n) is 12.6. The van der Waals surface area contributed by atoms with E-state index < -0.39 is 114 Å². The Kier molecular flexibility index (Phi) is 24.3. The Morgan fingerprint density at radius 1 is 0.471 bits per heavy atom. The predicted octanol–water partition coefficient (Wildman–Crippen LogP) is -5.17. The zero-order valence-electron chi connectivity index (χ0n) is 49.1. The Labute approximate surface area is 495 Å². The van der Waals surface area contributed by atoms with Crippen LogP contribution in [0.15, 0.2) is 15.0 Å². The molecule has 474 valence electrons. The van der Waals surface area contributed by atoms with E-state index in [1.54, 1.807) is 4.90 Å². The molecule has 0 aromatic rings. The third kappa shape index (κ3) is 16.9. The molecule has 0 aliphatic carbocycles. The number of aliphatic hydroxyl groups excluding tert-OH is 1. The number of aliphatic hydroxyl groups is 1. The summed E-state index contributed by atoms with van der Waals surface area (Å²) in [7, 11) is 0. The summed E-state index contributed by atoms with van der Waals surface area (Å²) < 4.78 is 0. The van der Waals surface area contributed by atoms with Gasteiger partial charge in [-0.1, -0.05) is 13.8 Å². The normalized spacial score (nSPS) is 24.4. The molecule has 11 atom stereocenters. The fraction of sp³-hybridized carbons (Fsp3) is 0.759. The van der Waals surface area contributed by atoms with Crippen LogP contribution in [-0.4, -0.2) is 243 Å². The van der Waals surface area contributed by atoms with Crippen LogP contribution >= 0.6 is 0 Å². The van der Waals surface area contributed by atoms with Crippen LogP contribution in [0.1, 0.15) is 123 Å². The third-order valence-corrected chi connectivity index (χ3v) is 17.1. The van der Waals surface area contributed by atoms with Gasteiger partial charge in [0.15, 0.2) is 17.9 Å². The molecule has 0 saturated carbocycles. The van der Waals surface area contributed by atoms with Crippen LogP contribution in [0.2, 0.25) is 0 Å². The van der Waals surface area contributed by atoms with Crippen LogP contribution in [0.3, 0.4) is 0 Å². The van der Waals surface area contributed by atoms with E-state index in [0.717, 1.165) is 0 Å². The van der Waals surface area contributed by atoms with E-state index in [2.05, 4.69) is 30.9 Å². The first kappa shape index (κ1) is 66.6. The van der Waals surface area contributed by atoms with Gasteiger partial charge < -0.3 is 95.7 Å². The lowest BCUT2D eigenvalue weighted by molar-refractivity contribution is -0.155. The first-order chi connectivity index (χ1) is 40.5. The van der Waals surface area contributed by atoms with Crippen molar-refractivity contribution in [2.24, 2.45) is 66.9 Å². The summed E-state index contributed by atoms with van der Waals surface area (Å²) >= 11 is 0. The minimum Gasteiger partial charge on any atom is -0.480 e. The highest BCUT2D eigenvalue weighted by Gasteiger charge is 2.52. The van der Waals surface area contributed by atoms with Gasteiger partial charge in [-0.15, -0.1) is 0 Å². The Morgan fingerprint density at radius 2 is 0.824 bits per heavy atom. The molecule has 0 spiro atoms. The van der Waals surface area contributed by atoms with Crippen molar-refractivity contribution in [1.82, 2.24) is 45.3 Å². The zero-order chi connectivity index (χ0) is 62.2. The van der Waals surface area contributed by atoms with Gasteiger partial charge in [-0.3, -0.25) is 58.1 Å². The van der Waals surface area contributed by atoms with Gasteiger partial charge >= 0.3 is 5.97 Å². The molecule has 0 radical (unpaired) electrons. The SMILES string of the molecule is CC(C)[C@H](N)C(=O)N1CCC[C@H]1C(=O)N1CCC[C@H]1C(=O)N1CCC[C@H]1C(=O)N1CCC(CO)[C@H]1C(=O)N1CCC[C@H]1C(=O)N1CCC[C@H]1C(=O)N[C@@H](CCCN=C(N)N)C(=O)N[C@@H](CCCN=C(N)N)C(=O)N[C@@H](CCCN=C(N)N)C(=O)O. The molecule has 0 bridgehead atoms. The summed E-state index contributed by atoms with van der Waals surface area (Å²) in [5.41, 5.74) is 39.1. The van der Waals surface area contributed by atoms with Crippen LogP contribution in [-0.2, 0) is 47.9 Å². The summed E-state index contributed by atoms with van der Waals surface area (Å²) in [6, 6.07) is -10.7. The first-order valence-corrected chi connectivity index (χ1v) is 30.0. The third-order valence-electron chi connectivity index (χ3n) is 17.1. The van der Waals surface area contributed by atoms with E-state index in [0.29, 0.717) is 64.5 Å². The average Bonchev–Trinajstić information content (AvgIpc) is 2.97. The number of nitrogens with one attached hydrogen (secondary N) is 3. The Balaban J connectivity index is 1.14. The summed E-state index contributed by atoms with van der Waals surface area (Å²) in [5, 5.41) is 28.5. The highest BCUT2D eigenvalue weighted by atomic mass is 16.4. The predicted molar refractivity (Wildman–Crippen MR) is 310 cm³/mol. The number of rotatable bonds is 27. The van der Waals surface area contributed by atoms with Gasteiger partial charge in [0.05, 0.1) is 6.04 Å². The van der Waals surface area contributed by atoms with Crippen LogP contribution in [0.25, 0.3) is 0 Å². The number of hydrogen-bond acceptors (Lipinski definition) is 15. The first-order valence-electron chi connectivity index (χ1n) is 30.0. The number of amides is 9. The maximum Gasteiger partial charge on any atom is 0.326 e. The maximum absolute atomic E-state index is 15.0. The van der Waals surface area contributed by atoms with Crippen LogP contribution in [0.4, 0.5) is 0 Å². The van der Waals surface area contributed by atoms with E-state index in [-0.39, 0.29) is 145 Å². The van der Waals surface area contributed by atoms with Crippen molar-refractivity contribution >= 4 is 77.0 Å². The number of likely N-dealkylation sites (tertiary alicyclic amines) is 6. The van der Waals surface area contributed by atoms with Crippen molar-refractivity contribution in [2.75, 3.05) is 65.5 Å². The largest absolute Gasteiger partial charge is 0.480 e. The highest BCUT2D eigenvalue weighted by Crippen LogP contribution is 2.35. The lowest BCUT2D eigenvalue weighted by atomic mass is 9.99. The topological polar surface area (TPSA) is 486 Å². The van der Waals surface area contributed by atoms with E-state index in [4.69, 9.17) is 40.1 Å². The van der Waals surface area contributed by atoms with Crippen LogP contribution in [0, 0.1) is 11.8 Å². The Bertz CT molecular complexity index is 2520. The van der Waals surface area contributed by atoms with E-state index >= 15 is 0 Å². The quantitative estimate of drug-likeness (QED) is 0.0208. The highest BCUT2D eigenvalue weighted by molar-refractivity contribution is 5.99. The Hall–Kier alpha value is -7.57. The molecule has 31 nitrogen and oxygen atoms in total.